The molecule has 1 aliphatic rings. The Labute approximate surface area is 111 Å². The van der Waals surface area contributed by atoms with E-state index in [-0.39, 0.29) is 5.91 Å². The summed E-state index contributed by atoms with van der Waals surface area (Å²) in [4.78, 5) is 34.1. The number of primary amides is 1. The van der Waals surface area contributed by atoms with Crippen molar-refractivity contribution in [2.45, 2.75) is 50.6 Å². The lowest BCUT2D eigenvalue weighted by Crippen LogP contribution is -2.57. The maximum Gasteiger partial charge on any atom is 0.326 e. The van der Waals surface area contributed by atoms with Crippen LogP contribution in [0.3, 0.4) is 0 Å². The van der Waals surface area contributed by atoms with Gasteiger partial charge in [0.1, 0.15) is 6.04 Å². The van der Waals surface area contributed by atoms with Gasteiger partial charge >= 0.3 is 5.97 Å². The van der Waals surface area contributed by atoms with Crippen LogP contribution in [0.2, 0.25) is 0 Å². The number of carbonyl (C=O) groups is 3. The largest absolute Gasteiger partial charge is 0.480 e. The molecule has 0 radical (unpaired) electrons. The lowest BCUT2D eigenvalue weighted by Gasteiger charge is -2.29. The number of amides is 2. The van der Waals surface area contributed by atoms with Crippen LogP contribution in [-0.4, -0.2) is 41.0 Å². The van der Waals surface area contributed by atoms with Crippen molar-refractivity contribution in [1.29, 1.82) is 0 Å². The summed E-state index contributed by atoms with van der Waals surface area (Å²) in [6, 6.07) is -1.26. The number of rotatable bonds is 7. The molecule has 0 aromatic carbocycles. The van der Waals surface area contributed by atoms with Crippen LogP contribution in [0.15, 0.2) is 0 Å². The third-order valence-corrected chi connectivity index (χ3v) is 3.36. The van der Waals surface area contributed by atoms with E-state index < -0.39 is 29.9 Å². The van der Waals surface area contributed by atoms with Crippen LogP contribution in [0.5, 0.6) is 0 Å². The molecule has 1 unspecified atom stereocenters. The van der Waals surface area contributed by atoms with Gasteiger partial charge in [0.15, 0.2) is 0 Å². The van der Waals surface area contributed by atoms with Crippen LogP contribution >= 0.6 is 0 Å². The summed E-state index contributed by atoms with van der Waals surface area (Å²) in [5.41, 5.74) is 4.27. The van der Waals surface area contributed by atoms with E-state index in [0.717, 1.165) is 19.4 Å². The second kappa shape index (κ2) is 6.51. The highest BCUT2D eigenvalue weighted by Crippen LogP contribution is 2.25. The molecular weight excluding hydrogens is 250 g/mol. The number of hydrogen-bond donors (Lipinski definition) is 4. The van der Waals surface area contributed by atoms with Gasteiger partial charge in [-0.2, -0.15) is 0 Å². The van der Waals surface area contributed by atoms with Crippen molar-refractivity contribution < 1.29 is 19.5 Å². The van der Waals surface area contributed by atoms with Gasteiger partial charge in [0.2, 0.25) is 11.8 Å². The van der Waals surface area contributed by atoms with Crippen LogP contribution < -0.4 is 16.4 Å². The highest BCUT2D eigenvalue weighted by molar-refractivity contribution is 5.92. The van der Waals surface area contributed by atoms with Gasteiger partial charge in [-0.15, -0.1) is 0 Å². The summed E-state index contributed by atoms with van der Waals surface area (Å²) in [5.74, 6) is -2.37. The summed E-state index contributed by atoms with van der Waals surface area (Å²) < 4.78 is 0. The molecule has 0 saturated carbocycles. The molecule has 108 valence electrons. The van der Waals surface area contributed by atoms with Crippen molar-refractivity contribution in [3.63, 3.8) is 0 Å². The van der Waals surface area contributed by atoms with E-state index in [1.807, 2.05) is 6.92 Å². The van der Waals surface area contributed by atoms with E-state index in [9.17, 15) is 14.4 Å². The number of hydrogen-bond acceptors (Lipinski definition) is 4. The van der Waals surface area contributed by atoms with E-state index in [0.29, 0.717) is 12.8 Å². The van der Waals surface area contributed by atoms with Crippen LogP contribution in [0, 0.1) is 0 Å². The fourth-order valence-corrected chi connectivity index (χ4v) is 2.45. The third-order valence-electron chi connectivity index (χ3n) is 3.36. The zero-order chi connectivity index (χ0) is 14.5. The van der Waals surface area contributed by atoms with Crippen molar-refractivity contribution in [2.75, 3.05) is 6.54 Å². The number of aliphatic carboxylic acids is 1. The van der Waals surface area contributed by atoms with Gasteiger partial charge in [0, 0.05) is 0 Å². The van der Waals surface area contributed by atoms with Crippen molar-refractivity contribution in [2.24, 2.45) is 5.73 Å². The van der Waals surface area contributed by atoms with Crippen LogP contribution in [0.4, 0.5) is 0 Å². The molecule has 19 heavy (non-hydrogen) atoms. The molecule has 0 aromatic rings. The molecule has 2 amide bonds. The van der Waals surface area contributed by atoms with Crippen LogP contribution in [-0.2, 0) is 14.4 Å². The number of nitrogens with two attached hydrogens (primary N) is 1. The average molecular weight is 271 g/mol. The SMILES string of the molecule is CCCC1(C(=O)N[C@H](CC(N)=O)C(=O)O)CCCN1. The normalized spacial score (nSPS) is 23.8. The first kappa shape index (κ1) is 15.4. The fourth-order valence-electron chi connectivity index (χ4n) is 2.45. The average Bonchev–Trinajstić information content (AvgIpc) is 2.77. The minimum atomic E-state index is -1.26. The summed E-state index contributed by atoms with van der Waals surface area (Å²) in [5, 5.41) is 14.5. The van der Waals surface area contributed by atoms with Gasteiger partial charge in [-0.25, -0.2) is 4.79 Å². The fraction of sp³-hybridized carbons (Fsp3) is 0.750. The molecule has 1 rings (SSSR count). The van der Waals surface area contributed by atoms with Gasteiger partial charge in [-0.1, -0.05) is 13.3 Å². The molecule has 5 N–H and O–H groups in total. The minimum absolute atomic E-state index is 0.361. The Bertz CT molecular complexity index is 364. The maximum atomic E-state index is 12.3. The molecule has 0 aliphatic carbocycles. The molecule has 0 bridgehead atoms. The van der Waals surface area contributed by atoms with E-state index in [1.165, 1.54) is 0 Å². The highest BCUT2D eigenvalue weighted by Gasteiger charge is 2.41. The Morgan fingerprint density at radius 3 is 2.58 bits per heavy atom. The summed E-state index contributed by atoms with van der Waals surface area (Å²) in [6.07, 6.45) is 2.61. The zero-order valence-corrected chi connectivity index (χ0v) is 11.1. The molecular formula is C12H21N3O4. The molecule has 0 aromatic heterocycles. The molecule has 7 nitrogen and oxygen atoms in total. The lowest BCUT2D eigenvalue weighted by molar-refractivity contribution is -0.144. The van der Waals surface area contributed by atoms with E-state index in [1.54, 1.807) is 0 Å². The first-order valence-corrected chi connectivity index (χ1v) is 6.48. The number of carboxylic acids is 1. The first-order chi connectivity index (χ1) is 8.91. The number of carboxylic acid groups (broad SMARTS) is 1. The van der Waals surface area contributed by atoms with Gasteiger partial charge in [-0.05, 0) is 25.8 Å². The highest BCUT2D eigenvalue weighted by atomic mass is 16.4. The maximum absolute atomic E-state index is 12.3. The summed E-state index contributed by atoms with van der Waals surface area (Å²) in [6.45, 7) is 2.70. The second-order valence-electron chi connectivity index (χ2n) is 4.90. The zero-order valence-electron chi connectivity index (χ0n) is 11.1. The molecule has 0 spiro atoms. The van der Waals surface area contributed by atoms with Gasteiger partial charge in [-0.3, -0.25) is 9.59 Å². The van der Waals surface area contributed by atoms with Gasteiger partial charge < -0.3 is 21.5 Å². The Kier molecular flexibility index (Phi) is 5.29. The predicted molar refractivity (Wildman–Crippen MR) is 68.3 cm³/mol. The third kappa shape index (κ3) is 3.92. The van der Waals surface area contributed by atoms with E-state index in [2.05, 4.69) is 10.6 Å². The Balaban J connectivity index is 2.74. The predicted octanol–water partition coefficient (Wildman–Crippen LogP) is -0.646. The first-order valence-electron chi connectivity index (χ1n) is 6.48. The van der Waals surface area contributed by atoms with E-state index >= 15 is 0 Å². The smallest absolute Gasteiger partial charge is 0.326 e. The Hall–Kier alpha value is -1.63. The van der Waals surface area contributed by atoms with Gasteiger partial charge in [0.05, 0.1) is 12.0 Å². The summed E-state index contributed by atoms with van der Waals surface area (Å²) >= 11 is 0. The summed E-state index contributed by atoms with van der Waals surface area (Å²) in [7, 11) is 0. The molecule has 1 fully saturated rings. The Morgan fingerprint density at radius 2 is 2.16 bits per heavy atom. The minimum Gasteiger partial charge on any atom is -0.480 e. The molecule has 2 atom stereocenters. The van der Waals surface area contributed by atoms with E-state index in [4.69, 9.17) is 10.8 Å². The second-order valence-corrected chi connectivity index (χ2v) is 4.90. The molecule has 1 heterocycles. The monoisotopic (exact) mass is 271 g/mol. The van der Waals surface area contributed by atoms with Crippen molar-refractivity contribution >= 4 is 17.8 Å². The number of nitrogens with one attached hydrogen (secondary N) is 2. The van der Waals surface area contributed by atoms with Crippen LogP contribution in [0.1, 0.15) is 39.0 Å². The standard InChI is InChI=1S/C12H21N3O4/c1-2-4-12(5-3-6-14-12)11(19)15-8(10(17)18)7-9(13)16/h8,14H,2-7H2,1H3,(H2,13,16)(H,15,19)(H,17,18)/t8-,12?/m1/s1. The van der Waals surface area contributed by atoms with Crippen molar-refractivity contribution in [3.05, 3.63) is 0 Å². The molecule has 1 saturated heterocycles. The molecule has 1 aliphatic heterocycles. The van der Waals surface area contributed by atoms with Crippen molar-refractivity contribution in [3.8, 4) is 0 Å². The van der Waals surface area contributed by atoms with Crippen LogP contribution in [0.25, 0.3) is 0 Å². The Morgan fingerprint density at radius 1 is 1.47 bits per heavy atom. The number of carbonyl (C=O) groups excluding carboxylic acids is 2. The quantitative estimate of drug-likeness (QED) is 0.490. The molecule has 7 heteroatoms. The van der Waals surface area contributed by atoms with Crippen molar-refractivity contribution in [1.82, 2.24) is 10.6 Å². The topological polar surface area (TPSA) is 122 Å². The van der Waals surface area contributed by atoms with Gasteiger partial charge in [0.25, 0.3) is 0 Å². The lowest BCUT2D eigenvalue weighted by atomic mass is 9.90.